The number of aromatic amines is 1. The number of likely N-dealkylation sites (tertiary alicyclic amines) is 1. The van der Waals surface area contributed by atoms with Crippen molar-refractivity contribution >= 4 is 5.91 Å². The number of imidazole rings is 1. The fourth-order valence-electron chi connectivity index (χ4n) is 3.40. The van der Waals surface area contributed by atoms with Crippen LogP contribution in [0.4, 0.5) is 0 Å². The fraction of sp³-hybridized carbons (Fsp3) is 0.556. The van der Waals surface area contributed by atoms with Gasteiger partial charge in [0, 0.05) is 44.1 Å². The van der Waals surface area contributed by atoms with Crippen molar-refractivity contribution in [1.29, 1.82) is 0 Å². The van der Waals surface area contributed by atoms with Gasteiger partial charge in [0.1, 0.15) is 11.5 Å². The number of nitrogens with zero attached hydrogens (tertiary/aromatic N) is 4. The third-order valence-corrected chi connectivity index (χ3v) is 4.73. The van der Waals surface area contributed by atoms with Gasteiger partial charge in [0.2, 0.25) is 0 Å². The molecule has 0 bridgehead atoms. The van der Waals surface area contributed by atoms with Crippen LogP contribution in [0.15, 0.2) is 30.7 Å². The lowest BCUT2D eigenvalue weighted by Crippen LogP contribution is -2.38. The van der Waals surface area contributed by atoms with E-state index in [4.69, 9.17) is 0 Å². The Kier molecular flexibility index (Phi) is 5.35. The summed E-state index contributed by atoms with van der Waals surface area (Å²) >= 11 is 0. The minimum atomic E-state index is 0.104. The van der Waals surface area contributed by atoms with Crippen LogP contribution in [0.2, 0.25) is 0 Å². The van der Waals surface area contributed by atoms with Crippen molar-refractivity contribution in [2.75, 3.05) is 33.7 Å². The van der Waals surface area contributed by atoms with Crippen molar-refractivity contribution in [3.8, 4) is 0 Å². The van der Waals surface area contributed by atoms with Crippen LogP contribution >= 0.6 is 0 Å². The number of rotatable bonds is 6. The zero-order valence-corrected chi connectivity index (χ0v) is 14.6. The van der Waals surface area contributed by atoms with Gasteiger partial charge >= 0.3 is 0 Å². The van der Waals surface area contributed by atoms with Crippen molar-refractivity contribution in [3.05, 3.63) is 42.2 Å². The number of H-pyrrole nitrogens is 1. The van der Waals surface area contributed by atoms with E-state index in [9.17, 15) is 4.79 Å². The lowest BCUT2D eigenvalue weighted by Gasteiger charge is -2.31. The average Bonchev–Trinajstić information content (AvgIpc) is 3.26. The molecule has 3 rings (SSSR count). The SMILES string of the molecule is CN(C)CCCn1ccnc1C1CCN(C(=O)c2ccc[nH]2)CC1. The number of aromatic nitrogens is 3. The molecular formula is C18H27N5O. The summed E-state index contributed by atoms with van der Waals surface area (Å²) < 4.78 is 2.29. The highest BCUT2D eigenvalue weighted by Crippen LogP contribution is 2.27. The summed E-state index contributed by atoms with van der Waals surface area (Å²) in [5.74, 6) is 1.74. The van der Waals surface area contributed by atoms with Crippen molar-refractivity contribution in [2.45, 2.75) is 31.7 Å². The Morgan fingerprint density at radius 2 is 2.17 bits per heavy atom. The molecule has 0 aromatic carbocycles. The van der Waals surface area contributed by atoms with Gasteiger partial charge in [0.25, 0.3) is 5.91 Å². The minimum Gasteiger partial charge on any atom is -0.357 e. The van der Waals surface area contributed by atoms with Crippen LogP contribution in [0.3, 0.4) is 0 Å². The number of hydrogen-bond acceptors (Lipinski definition) is 3. The van der Waals surface area contributed by atoms with Gasteiger partial charge in [-0.25, -0.2) is 4.98 Å². The van der Waals surface area contributed by atoms with Crippen molar-refractivity contribution in [1.82, 2.24) is 24.3 Å². The summed E-state index contributed by atoms with van der Waals surface area (Å²) in [6, 6.07) is 3.70. The number of hydrogen-bond donors (Lipinski definition) is 1. The molecular weight excluding hydrogens is 302 g/mol. The van der Waals surface area contributed by atoms with Gasteiger partial charge in [-0.2, -0.15) is 0 Å². The maximum absolute atomic E-state index is 12.4. The minimum absolute atomic E-state index is 0.104. The number of amides is 1. The van der Waals surface area contributed by atoms with Crippen LogP contribution in [0, 0.1) is 0 Å². The number of piperidine rings is 1. The van der Waals surface area contributed by atoms with Crippen LogP contribution in [0.25, 0.3) is 0 Å². The summed E-state index contributed by atoms with van der Waals surface area (Å²) in [6.07, 6.45) is 8.88. The Morgan fingerprint density at radius 1 is 1.38 bits per heavy atom. The number of aryl methyl sites for hydroxylation is 1. The number of nitrogens with one attached hydrogen (secondary N) is 1. The zero-order valence-electron chi connectivity index (χ0n) is 14.6. The second-order valence-corrected chi connectivity index (χ2v) is 6.79. The molecule has 1 N–H and O–H groups in total. The first-order chi connectivity index (χ1) is 11.6. The molecule has 1 fully saturated rings. The molecule has 130 valence electrons. The van der Waals surface area contributed by atoms with E-state index in [1.54, 1.807) is 6.20 Å². The van der Waals surface area contributed by atoms with Gasteiger partial charge < -0.3 is 19.4 Å². The smallest absolute Gasteiger partial charge is 0.270 e. The van der Waals surface area contributed by atoms with Crippen LogP contribution < -0.4 is 0 Å². The maximum atomic E-state index is 12.4. The molecule has 1 saturated heterocycles. The second-order valence-electron chi connectivity index (χ2n) is 6.79. The molecule has 0 saturated carbocycles. The van der Waals surface area contributed by atoms with E-state index in [0.29, 0.717) is 11.6 Å². The largest absolute Gasteiger partial charge is 0.357 e. The standard InChI is InChI=1S/C18H27N5O/c1-21(2)10-4-11-22-14-9-20-17(22)15-6-12-23(13-7-15)18(24)16-5-3-8-19-16/h3,5,8-9,14-15,19H,4,6-7,10-13H2,1-2H3. The van der Waals surface area contributed by atoms with Gasteiger partial charge in [-0.3, -0.25) is 4.79 Å². The lowest BCUT2D eigenvalue weighted by atomic mass is 9.95. The molecule has 0 aliphatic carbocycles. The topological polar surface area (TPSA) is 57.2 Å². The first-order valence-electron chi connectivity index (χ1n) is 8.73. The molecule has 2 aromatic rings. The third kappa shape index (κ3) is 3.87. The first-order valence-corrected chi connectivity index (χ1v) is 8.73. The Bertz CT molecular complexity index is 638. The zero-order chi connectivity index (χ0) is 16.9. The molecule has 0 radical (unpaired) electrons. The third-order valence-electron chi connectivity index (χ3n) is 4.73. The van der Waals surface area contributed by atoms with Gasteiger partial charge in [-0.1, -0.05) is 0 Å². The van der Waals surface area contributed by atoms with E-state index in [0.717, 1.165) is 45.4 Å². The average molecular weight is 329 g/mol. The summed E-state index contributed by atoms with van der Waals surface area (Å²) in [4.78, 5) is 24.2. The van der Waals surface area contributed by atoms with E-state index >= 15 is 0 Å². The van der Waals surface area contributed by atoms with E-state index in [-0.39, 0.29) is 5.91 Å². The predicted octanol–water partition coefficient (Wildman–Crippen LogP) is 2.18. The van der Waals surface area contributed by atoms with Crippen molar-refractivity contribution in [2.24, 2.45) is 0 Å². The van der Waals surface area contributed by atoms with Gasteiger partial charge in [-0.05, 0) is 52.0 Å². The predicted molar refractivity (Wildman–Crippen MR) is 94.1 cm³/mol. The molecule has 2 aromatic heterocycles. The number of carbonyl (C=O) groups is 1. The molecule has 3 heterocycles. The Labute approximate surface area is 143 Å². The van der Waals surface area contributed by atoms with Crippen molar-refractivity contribution in [3.63, 3.8) is 0 Å². The van der Waals surface area contributed by atoms with E-state index < -0.39 is 0 Å². The van der Waals surface area contributed by atoms with Crippen LogP contribution in [-0.4, -0.2) is 64.0 Å². The molecule has 6 heteroatoms. The van der Waals surface area contributed by atoms with E-state index in [1.165, 1.54) is 5.82 Å². The van der Waals surface area contributed by atoms with Crippen LogP contribution in [-0.2, 0) is 6.54 Å². The highest BCUT2D eigenvalue weighted by atomic mass is 16.2. The van der Waals surface area contributed by atoms with E-state index in [1.807, 2.05) is 23.2 Å². The summed E-state index contributed by atoms with van der Waals surface area (Å²) in [5.41, 5.74) is 0.679. The second kappa shape index (κ2) is 7.66. The Balaban J connectivity index is 1.55. The van der Waals surface area contributed by atoms with E-state index in [2.05, 4.69) is 39.7 Å². The summed E-state index contributed by atoms with van der Waals surface area (Å²) in [5, 5.41) is 0. The fourth-order valence-corrected chi connectivity index (χ4v) is 3.40. The van der Waals surface area contributed by atoms with Crippen molar-refractivity contribution < 1.29 is 4.79 Å². The number of carbonyl (C=O) groups excluding carboxylic acids is 1. The molecule has 0 atom stereocenters. The highest BCUT2D eigenvalue weighted by Gasteiger charge is 2.27. The van der Waals surface area contributed by atoms with Gasteiger partial charge in [0.05, 0.1) is 0 Å². The maximum Gasteiger partial charge on any atom is 0.270 e. The Hall–Kier alpha value is -2.08. The molecule has 0 spiro atoms. The molecule has 1 aliphatic rings. The van der Waals surface area contributed by atoms with Crippen LogP contribution in [0.5, 0.6) is 0 Å². The lowest BCUT2D eigenvalue weighted by molar-refractivity contribution is 0.0705. The molecule has 1 aliphatic heterocycles. The Morgan fingerprint density at radius 3 is 2.83 bits per heavy atom. The van der Waals surface area contributed by atoms with Crippen LogP contribution in [0.1, 0.15) is 41.5 Å². The summed E-state index contributed by atoms with van der Waals surface area (Å²) in [6.45, 7) is 3.69. The molecule has 6 nitrogen and oxygen atoms in total. The summed E-state index contributed by atoms with van der Waals surface area (Å²) in [7, 11) is 4.21. The molecule has 0 unspecified atom stereocenters. The van der Waals surface area contributed by atoms with Gasteiger partial charge in [0.15, 0.2) is 0 Å². The van der Waals surface area contributed by atoms with Gasteiger partial charge in [-0.15, -0.1) is 0 Å². The quantitative estimate of drug-likeness (QED) is 0.884. The normalized spacial score (nSPS) is 16.0. The first kappa shape index (κ1) is 16.8. The highest BCUT2D eigenvalue weighted by molar-refractivity contribution is 5.92. The molecule has 24 heavy (non-hydrogen) atoms. The molecule has 1 amide bonds. The monoisotopic (exact) mass is 329 g/mol.